The van der Waals surface area contributed by atoms with Crippen LogP contribution >= 0.6 is 11.6 Å². The van der Waals surface area contributed by atoms with Gasteiger partial charge in [-0.25, -0.2) is 4.39 Å². The number of amides is 2. The van der Waals surface area contributed by atoms with Crippen molar-refractivity contribution >= 4 is 23.4 Å². The monoisotopic (exact) mass is 398 g/mol. The van der Waals surface area contributed by atoms with Gasteiger partial charge in [-0.15, -0.1) is 0 Å². The molecule has 0 saturated carbocycles. The molecule has 0 bridgehead atoms. The third-order valence-electron chi connectivity index (χ3n) is 3.52. The lowest BCUT2D eigenvalue weighted by Crippen LogP contribution is -2.37. The number of rotatable bonds is 9. The molecule has 1 atom stereocenters. The van der Waals surface area contributed by atoms with Crippen molar-refractivity contribution in [2.45, 2.75) is 19.4 Å². The molecular formula is C18H20ClFN2O5. The van der Waals surface area contributed by atoms with E-state index in [-0.39, 0.29) is 48.6 Å². The molecule has 1 unspecified atom stereocenters. The van der Waals surface area contributed by atoms with Gasteiger partial charge in [0.15, 0.2) is 12.4 Å². The molecule has 0 fully saturated rings. The maximum Gasteiger partial charge on any atom is 0.286 e. The Bertz CT molecular complexity index is 796. The minimum Gasteiger partial charge on any atom is -0.484 e. The number of hydrogen-bond donors (Lipinski definition) is 3. The van der Waals surface area contributed by atoms with Gasteiger partial charge in [0.05, 0.1) is 11.1 Å². The molecule has 2 rings (SSSR count). The highest BCUT2D eigenvalue weighted by Gasteiger charge is 2.12. The summed E-state index contributed by atoms with van der Waals surface area (Å²) < 4.78 is 23.6. The van der Waals surface area contributed by atoms with Crippen LogP contribution in [0, 0.1) is 12.7 Å². The zero-order chi connectivity index (χ0) is 19.8. The normalized spacial score (nSPS) is 11.7. The van der Waals surface area contributed by atoms with Gasteiger partial charge in [0, 0.05) is 19.2 Å². The number of aliphatic hydroxyl groups excluding tert-OH is 1. The lowest BCUT2D eigenvalue weighted by Gasteiger charge is -2.12. The summed E-state index contributed by atoms with van der Waals surface area (Å²) in [5.74, 6) is -0.486. The van der Waals surface area contributed by atoms with E-state index in [1.807, 2.05) is 0 Å². The first kappa shape index (κ1) is 20.7. The van der Waals surface area contributed by atoms with Crippen molar-refractivity contribution in [2.24, 2.45) is 0 Å². The number of halogens is 2. The average molecular weight is 399 g/mol. The van der Waals surface area contributed by atoms with Gasteiger partial charge in [0.2, 0.25) is 0 Å². The van der Waals surface area contributed by atoms with Crippen LogP contribution < -0.4 is 15.4 Å². The fraction of sp³-hybridized carbons (Fsp3) is 0.333. The van der Waals surface area contributed by atoms with Crippen LogP contribution in [-0.4, -0.2) is 42.7 Å². The Morgan fingerprint density at radius 1 is 1.30 bits per heavy atom. The molecule has 3 N–H and O–H groups in total. The summed E-state index contributed by atoms with van der Waals surface area (Å²) in [5.41, 5.74) is 0. The number of nitrogens with one attached hydrogen (secondary N) is 2. The van der Waals surface area contributed by atoms with Crippen molar-refractivity contribution in [3.63, 3.8) is 0 Å². The Morgan fingerprint density at radius 3 is 2.74 bits per heavy atom. The maximum absolute atomic E-state index is 13.3. The number of ether oxygens (including phenoxy) is 1. The fourth-order valence-corrected chi connectivity index (χ4v) is 2.21. The predicted octanol–water partition coefficient (Wildman–Crippen LogP) is 2.06. The molecule has 0 aliphatic carbocycles. The molecule has 2 amide bonds. The fourth-order valence-electron chi connectivity index (χ4n) is 2.10. The summed E-state index contributed by atoms with van der Waals surface area (Å²) in [7, 11) is 0. The first-order valence-electron chi connectivity index (χ1n) is 8.22. The number of hydrogen-bond acceptors (Lipinski definition) is 5. The summed E-state index contributed by atoms with van der Waals surface area (Å²) in [4.78, 5) is 23.5. The molecule has 9 heteroatoms. The van der Waals surface area contributed by atoms with Crippen LogP contribution in [0.25, 0.3) is 0 Å². The Hall–Kier alpha value is -2.58. The molecule has 146 valence electrons. The average Bonchev–Trinajstić information content (AvgIpc) is 3.07. The third kappa shape index (κ3) is 6.92. The van der Waals surface area contributed by atoms with Gasteiger partial charge in [0.1, 0.15) is 17.3 Å². The van der Waals surface area contributed by atoms with Gasteiger partial charge in [-0.2, -0.15) is 0 Å². The highest BCUT2D eigenvalue weighted by Crippen LogP contribution is 2.20. The van der Waals surface area contributed by atoms with Crippen molar-refractivity contribution in [1.82, 2.24) is 10.6 Å². The van der Waals surface area contributed by atoms with Gasteiger partial charge < -0.3 is 24.9 Å². The Kier molecular flexibility index (Phi) is 7.63. The predicted molar refractivity (Wildman–Crippen MR) is 96.3 cm³/mol. The van der Waals surface area contributed by atoms with Crippen molar-refractivity contribution < 1.29 is 28.2 Å². The smallest absolute Gasteiger partial charge is 0.286 e. The van der Waals surface area contributed by atoms with E-state index >= 15 is 0 Å². The lowest BCUT2D eigenvalue weighted by molar-refractivity contribution is -0.123. The molecule has 1 heterocycles. The largest absolute Gasteiger partial charge is 0.484 e. The quantitative estimate of drug-likeness (QED) is 0.600. The number of carbonyl (C=O) groups excluding carboxylic acids is 2. The summed E-state index contributed by atoms with van der Waals surface area (Å²) in [6.45, 7) is 1.61. The molecule has 0 aliphatic rings. The standard InChI is InChI=1S/C18H20ClFN2O5/c1-11-2-5-16(27-11)18(25)21-7-6-12(23)9-22-17(24)10-26-13-3-4-14(19)15(20)8-13/h2-5,8,12,23H,6-7,9-10H2,1H3,(H,21,25)(H,22,24). The molecule has 7 nitrogen and oxygen atoms in total. The number of benzene rings is 1. The third-order valence-corrected chi connectivity index (χ3v) is 3.83. The van der Waals surface area contributed by atoms with Gasteiger partial charge in [-0.3, -0.25) is 9.59 Å². The van der Waals surface area contributed by atoms with Crippen LogP contribution in [0.5, 0.6) is 5.75 Å². The second kappa shape index (κ2) is 9.94. The Balaban J connectivity index is 1.61. The maximum atomic E-state index is 13.3. The number of furan rings is 1. The molecule has 0 spiro atoms. The van der Waals surface area contributed by atoms with Gasteiger partial charge in [0.25, 0.3) is 11.8 Å². The lowest BCUT2D eigenvalue weighted by atomic mass is 10.2. The molecule has 0 saturated heterocycles. The SMILES string of the molecule is Cc1ccc(C(=O)NCCC(O)CNC(=O)COc2ccc(Cl)c(F)c2)o1. The van der Waals surface area contributed by atoms with Crippen LogP contribution in [-0.2, 0) is 4.79 Å². The van der Waals surface area contributed by atoms with E-state index in [4.69, 9.17) is 20.8 Å². The van der Waals surface area contributed by atoms with Gasteiger partial charge in [-0.05, 0) is 37.6 Å². The molecule has 2 aromatic rings. The van der Waals surface area contributed by atoms with E-state index in [9.17, 15) is 19.1 Å². The zero-order valence-electron chi connectivity index (χ0n) is 14.6. The van der Waals surface area contributed by atoms with E-state index in [0.717, 1.165) is 6.07 Å². The Morgan fingerprint density at radius 2 is 2.07 bits per heavy atom. The number of carbonyl (C=O) groups is 2. The number of aryl methyl sites for hydroxylation is 1. The second-order valence-electron chi connectivity index (χ2n) is 5.78. The van der Waals surface area contributed by atoms with Crippen LogP contribution in [0.4, 0.5) is 4.39 Å². The zero-order valence-corrected chi connectivity index (χ0v) is 15.4. The van der Waals surface area contributed by atoms with Crippen molar-refractivity contribution in [2.75, 3.05) is 19.7 Å². The van der Waals surface area contributed by atoms with Gasteiger partial charge in [-0.1, -0.05) is 11.6 Å². The second-order valence-corrected chi connectivity index (χ2v) is 6.18. The minimum atomic E-state index is -0.847. The van der Waals surface area contributed by atoms with Crippen LogP contribution in [0.3, 0.4) is 0 Å². The summed E-state index contributed by atoms with van der Waals surface area (Å²) in [6.07, 6.45) is -0.602. The van der Waals surface area contributed by atoms with E-state index < -0.39 is 17.8 Å². The van der Waals surface area contributed by atoms with Crippen molar-refractivity contribution in [3.8, 4) is 5.75 Å². The van der Waals surface area contributed by atoms with E-state index in [1.54, 1.807) is 19.1 Å². The highest BCUT2D eigenvalue weighted by atomic mass is 35.5. The van der Waals surface area contributed by atoms with E-state index in [1.165, 1.54) is 12.1 Å². The molecule has 0 radical (unpaired) electrons. The van der Waals surface area contributed by atoms with E-state index in [2.05, 4.69) is 10.6 Å². The molecule has 0 aliphatic heterocycles. The minimum absolute atomic E-state index is 0.00704. The van der Waals surface area contributed by atoms with Crippen LogP contribution in [0.15, 0.2) is 34.7 Å². The van der Waals surface area contributed by atoms with Crippen molar-refractivity contribution in [3.05, 3.63) is 52.7 Å². The summed E-state index contributed by atoms with van der Waals surface area (Å²) >= 11 is 5.56. The summed E-state index contributed by atoms with van der Waals surface area (Å²) in [5, 5.41) is 14.9. The molecule has 27 heavy (non-hydrogen) atoms. The molecular weight excluding hydrogens is 379 g/mol. The van der Waals surface area contributed by atoms with Crippen LogP contribution in [0.2, 0.25) is 5.02 Å². The Labute approximate surface area is 160 Å². The van der Waals surface area contributed by atoms with E-state index in [0.29, 0.717) is 5.76 Å². The first-order valence-corrected chi connectivity index (χ1v) is 8.60. The van der Waals surface area contributed by atoms with Crippen LogP contribution in [0.1, 0.15) is 22.7 Å². The topological polar surface area (TPSA) is 101 Å². The first-order chi connectivity index (χ1) is 12.8. The summed E-state index contributed by atoms with van der Waals surface area (Å²) in [6, 6.07) is 7.09. The van der Waals surface area contributed by atoms with Crippen molar-refractivity contribution in [1.29, 1.82) is 0 Å². The highest BCUT2D eigenvalue weighted by molar-refractivity contribution is 6.30. The molecule has 1 aromatic heterocycles. The molecule has 1 aromatic carbocycles. The van der Waals surface area contributed by atoms with Gasteiger partial charge >= 0.3 is 0 Å². The number of aliphatic hydroxyl groups is 1.